The largest absolute Gasteiger partial charge is 0.481 e. The fourth-order valence-corrected chi connectivity index (χ4v) is 0.911. The summed E-state index contributed by atoms with van der Waals surface area (Å²) in [5, 5.41) is 2.34. The molecule has 0 heterocycles. The number of terminal acetylenes is 1. The molecule has 1 rings (SSSR count). The average Bonchev–Trinajstić information content (AvgIpc) is 2.26. The van der Waals surface area contributed by atoms with Gasteiger partial charge in [0.05, 0.1) is 0 Å². The molecule has 78 valence electrons. The summed E-state index contributed by atoms with van der Waals surface area (Å²) in [6, 6.07) is 6.68. The molecule has 0 unspecified atom stereocenters. The molecule has 0 bridgehead atoms. The number of carbonyl (C=O) groups is 1. The summed E-state index contributed by atoms with van der Waals surface area (Å²) in [5.74, 6) is 3.32. The molecule has 4 heteroatoms. The number of hydrogen-bond donors (Lipinski definition) is 1. The van der Waals surface area contributed by atoms with E-state index in [0.29, 0.717) is 11.5 Å². The van der Waals surface area contributed by atoms with Gasteiger partial charge in [0.15, 0.2) is 0 Å². The van der Waals surface area contributed by atoms with Crippen LogP contribution in [0.25, 0.3) is 0 Å². The topological polar surface area (TPSA) is 47.6 Å². The van der Waals surface area contributed by atoms with Crippen molar-refractivity contribution in [1.29, 1.82) is 0 Å². The zero-order valence-corrected chi connectivity index (χ0v) is 8.32. The predicted octanol–water partition coefficient (Wildman–Crippen LogP) is 1.42. The second-order valence-electron chi connectivity index (χ2n) is 2.61. The van der Waals surface area contributed by atoms with Gasteiger partial charge in [0.2, 0.25) is 0 Å². The molecule has 0 spiro atoms. The van der Waals surface area contributed by atoms with Crippen molar-refractivity contribution in [2.24, 2.45) is 0 Å². The summed E-state index contributed by atoms with van der Waals surface area (Å²) in [6.07, 6.45) is 4.52. The van der Waals surface area contributed by atoms with Crippen molar-refractivity contribution in [3.63, 3.8) is 0 Å². The first-order valence-corrected chi connectivity index (χ1v) is 4.32. The maximum Gasteiger partial charge on any atom is 0.412 e. The van der Waals surface area contributed by atoms with Crippen LogP contribution in [0.15, 0.2) is 24.3 Å². The number of amides is 1. The highest BCUT2D eigenvalue weighted by atomic mass is 16.6. The van der Waals surface area contributed by atoms with Crippen LogP contribution in [-0.2, 0) is 0 Å². The summed E-state index contributed by atoms with van der Waals surface area (Å²) < 4.78 is 10.1. The molecule has 1 aromatic rings. The lowest BCUT2D eigenvalue weighted by Crippen LogP contribution is -2.21. The maximum atomic E-state index is 10.9. The standard InChI is InChI=1S/C11H11NO3/c1-3-7-14-9-5-4-6-10(8-9)15-11(13)12-2/h1,4-6,8H,7H2,2H3,(H,12,13). The number of benzene rings is 1. The molecule has 1 amide bonds. The molecule has 15 heavy (non-hydrogen) atoms. The molecule has 0 atom stereocenters. The number of rotatable bonds is 3. The van der Waals surface area contributed by atoms with Crippen molar-refractivity contribution < 1.29 is 14.3 Å². The smallest absolute Gasteiger partial charge is 0.412 e. The lowest BCUT2D eigenvalue weighted by atomic mass is 10.3. The molecule has 0 fully saturated rings. The van der Waals surface area contributed by atoms with Crippen molar-refractivity contribution in [3.8, 4) is 23.8 Å². The van der Waals surface area contributed by atoms with E-state index in [4.69, 9.17) is 15.9 Å². The molecule has 0 radical (unpaired) electrons. The first kappa shape index (κ1) is 10.9. The molecule has 4 nitrogen and oxygen atoms in total. The van der Waals surface area contributed by atoms with Crippen molar-refractivity contribution >= 4 is 6.09 Å². The normalized spacial score (nSPS) is 8.80. The first-order chi connectivity index (χ1) is 7.26. The number of hydrogen-bond acceptors (Lipinski definition) is 3. The van der Waals surface area contributed by atoms with Crippen LogP contribution in [0.4, 0.5) is 4.79 Å². The van der Waals surface area contributed by atoms with Crippen LogP contribution >= 0.6 is 0 Å². The second kappa shape index (κ2) is 5.55. The van der Waals surface area contributed by atoms with Gasteiger partial charge >= 0.3 is 6.09 Å². The molecule has 0 saturated carbocycles. The number of ether oxygens (including phenoxy) is 2. The van der Waals surface area contributed by atoms with Gasteiger partial charge in [-0.2, -0.15) is 0 Å². The van der Waals surface area contributed by atoms with E-state index in [0.717, 1.165) is 0 Å². The lowest BCUT2D eigenvalue weighted by molar-refractivity contribution is 0.203. The van der Waals surface area contributed by atoms with E-state index in [1.807, 2.05) is 0 Å². The highest BCUT2D eigenvalue weighted by Crippen LogP contribution is 2.19. The Morgan fingerprint density at radius 3 is 2.93 bits per heavy atom. The quantitative estimate of drug-likeness (QED) is 0.759. The summed E-state index contributed by atoms with van der Waals surface area (Å²) in [4.78, 5) is 10.9. The third-order valence-corrected chi connectivity index (χ3v) is 1.54. The Hall–Kier alpha value is -2.15. The highest BCUT2D eigenvalue weighted by Gasteiger charge is 2.02. The minimum Gasteiger partial charge on any atom is -0.481 e. The summed E-state index contributed by atoms with van der Waals surface area (Å²) in [5.41, 5.74) is 0. The Labute approximate surface area is 88.2 Å². The maximum absolute atomic E-state index is 10.9. The van der Waals surface area contributed by atoms with E-state index >= 15 is 0 Å². The van der Waals surface area contributed by atoms with Crippen LogP contribution < -0.4 is 14.8 Å². The van der Waals surface area contributed by atoms with Gasteiger partial charge in [-0.3, -0.25) is 0 Å². The predicted molar refractivity (Wildman–Crippen MR) is 55.9 cm³/mol. The van der Waals surface area contributed by atoms with Crippen LogP contribution in [-0.4, -0.2) is 19.7 Å². The zero-order valence-electron chi connectivity index (χ0n) is 8.32. The van der Waals surface area contributed by atoms with Gasteiger partial charge in [0.1, 0.15) is 18.1 Å². The van der Waals surface area contributed by atoms with Gasteiger partial charge in [-0.05, 0) is 12.1 Å². The molecule has 0 aliphatic rings. The van der Waals surface area contributed by atoms with E-state index in [-0.39, 0.29) is 6.61 Å². The monoisotopic (exact) mass is 205 g/mol. The summed E-state index contributed by atoms with van der Waals surface area (Å²) in [7, 11) is 1.49. The van der Waals surface area contributed by atoms with Crippen molar-refractivity contribution in [2.45, 2.75) is 0 Å². The fourth-order valence-electron chi connectivity index (χ4n) is 0.911. The van der Waals surface area contributed by atoms with E-state index in [1.54, 1.807) is 24.3 Å². The van der Waals surface area contributed by atoms with Crippen LogP contribution in [0.3, 0.4) is 0 Å². The minimum absolute atomic E-state index is 0.184. The highest BCUT2D eigenvalue weighted by molar-refractivity contribution is 5.70. The molecule has 0 aromatic heterocycles. The molecule has 1 aromatic carbocycles. The molecule has 0 aliphatic heterocycles. The van der Waals surface area contributed by atoms with Crippen molar-refractivity contribution in [3.05, 3.63) is 24.3 Å². The van der Waals surface area contributed by atoms with Gasteiger partial charge < -0.3 is 14.8 Å². The van der Waals surface area contributed by atoms with E-state index < -0.39 is 6.09 Å². The van der Waals surface area contributed by atoms with Crippen LogP contribution in [0.1, 0.15) is 0 Å². The van der Waals surface area contributed by atoms with Gasteiger partial charge in [0, 0.05) is 13.1 Å². The Morgan fingerprint density at radius 2 is 2.27 bits per heavy atom. The Bertz CT molecular complexity index is 382. The molecular formula is C11H11NO3. The summed E-state index contributed by atoms with van der Waals surface area (Å²) >= 11 is 0. The van der Waals surface area contributed by atoms with E-state index in [2.05, 4.69) is 11.2 Å². The first-order valence-electron chi connectivity index (χ1n) is 4.32. The third-order valence-electron chi connectivity index (χ3n) is 1.54. The molecular weight excluding hydrogens is 194 g/mol. The average molecular weight is 205 g/mol. The van der Waals surface area contributed by atoms with Crippen molar-refractivity contribution in [1.82, 2.24) is 5.32 Å². The van der Waals surface area contributed by atoms with Gasteiger partial charge in [-0.15, -0.1) is 6.42 Å². The van der Waals surface area contributed by atoms with Crippen LogP contribution in [0.5, 0.6) is 11.5 Å². The third kappa shape index (κ3) is 3.61. The van der Waals surface area contributed by atoms with Crippen LogP contribution in [0, 0.1) is 12.3 Å². The Kier molecular flexibility index (Phi) is 4.05. The Balaban J connectivity index is 2.66. The Morgan fingerprint density at radius 1 is 1.53 bits per heavy atom. The summed E-state index contributed by atoms with van der Waals surface area (Å²) in [6.45, 7) is 0.184. The minimum atomic E-state index is -0.524. The van der Waals surface area contributed by atoms with Gasteiger partial charge in [-0.25, -0.2) is 4.79 Å². The zero-order chi connectivity index (χ0) is 11.1. The fraction of sp³-hybridized carbons (Fsp3) is 0.182. The SMILES string of the molecule is C#CCOc1cccc(OC(=O)NC)c1. The second-order valence-corrected chi connectivity index (χ2v) is 2.61. The molecule has 1 N–H and O–H groups in total. The van der Waals surface area contributed by atoms with Crippen molar-refractivity contribution in [2.75, 3.05) is 13.7 Å². The van der Waals surface area contributed by atoms with Gasteiger partial charge in [0.25, 0.3) is 0 Å². The van der Waals surface area contributed by atoms with Crippen LogP contribution in [0.2, 0.25) is 0 Å². The molecule has 0 saturated heterocycles. The van der Waals surface area contributed by atoms with E-state index in [9.17, 15) is 4.79 Å². The number of nitrogens with one attached hydrogen (secondary N) is 1. The number of carbonyl (C=O) groups excluding carboxylic acids is 1. The molecule has 0 aliphatic carbocycles. The van der Waals surface area contributed by atoms with E-state index in [1.165, 1.54) is 7.05 Å². The van der Waals surface area contributed by atoms with Gasteiger partial charge in [-0.1, -0.05) is 12.0 Å². The lowest BCUT2D eigenvalue weighted by Gasteiger charge is -2.05.